The first-order valence-corrected chi connectivity index (χ1v) is 10.7. The van der Waals surface area contributed by atoms with E-state index in [0.717, 1.165) is 37.6 Å². The topological polar surface area (TPSA) is 87.7 Å². The molecule has 28 heavy (non-hydrogen) atoms. The molecule has 0 atom stereocenters. The quantitative estimate of drug-likeness (QED) is 0.742. The number of hydrogen-bond acceptors (Lipinski definition) is 5. The molecule has 1 fully saturated rings. The van der Waals surface area contributed by atoms with E-state index in [2.05, 4.69) is 14.9 Å². The third kappa shape index (κ3) is 4.82. The maximum atomic E-state index is 12.5. The van der Waals surface area contributed by atoms with E-state index in [1.54, 1.807) is 0 Å². The highest BCUT2D eigenvalue weighted by Crippen LogP contribution is 2.21. The van der Waals surface area contributed by atoms with Crippen molar-refractivity contribution >= 4 is 33.2 Å². The van der Waals surface area contributed by atoms with Crippen molar-refractivity contribution in [2.45, 2.75) is 11.4 Å². The second-order valence-electron chi connectivity index (χ2n) is 6.30. The Morgan fingerprint density at radius 1 is 1.14 bits per heavy atom. The second kappa shape index (κ2) is 8.91. The van der Waals surface area contributed by atoms with Gasteiger partial charge in [0.15, 0.2) is 0 Å². The number of nitrogens with zero attached hydrogens (tertiary/aromatic N) is 1. The zero-order chi connectivity index (χ0) is 20.1. The fourth-order valence-corrected chi connectivity index (χ4v) is 3.85. The predicted molar refractivity (Wildman–Crippen MR) is 108 cm³/mol. The number of benzene rings is 2. The van der Waals surface area contributed by atoms with Gasteiger partial charge in [0, 0.05) is 25.3 Å². The van der Waals surface area contributed by atoms with Crippen molar-refractivity contribution in [2.75, 3.05) is 38.3 Å². The average Bonchev–Trinajstić information content (AvgIpc) is 2.73. The lowest BCUT2D eigenvalue weighted by molar-refractivity contribution is 0.0951. The highest BCUT2D eigenvalue weighted by molar-refractivity contribution is 7.89. The maximum Gasteiger partial charge on any atom is 0.253 e. The number of amides is 1. The lowest BCUT2D eigenvalue weighted by Gasteiger charge is -2.28. The van der Waals surface area contributed by atoms with E-state index < -0.39 is 15.9 Å². The van der Waals surface area contributed by atoms with Crippen LogP contribution in [0.2, 0.25) is 5.02 Å². The number of rotatable bonds is 6. The number of carbonyl (C=O) groups is 1. The van der Waals surface area contributed by atoms with Crippen LogP contribution in [0.15, 0.2) is 47.4 Å². The summed E-state index contributed by atoms with van der Waals surface area (Å²) in [5.41, 5.74) is 2.16. The van der Waals surface area contributed by atoms with Crippen LogP contribution < -0.4 is 14.9 Å². The van der Waals surface area contributed by atoms with Crippen molar-refractivity contribution in [2.24, 2.45) is 0 Å². The van der Waals surface area contributed by atoms with Gasteiger partial charge in [0.25, 0.3) is 5.91 Å². The Labute approximate surface area is 169 Å². The molecular weight excluding hydrogens is 402 g/mol. The third-order valence-corrected chi connectivity index (χ3v) is 6.27. The number of sulfonamides is 1. The molecule has 1 amide bonds. The summed E-state index contributed by atoms with van der Waals surface area (Å²) in [6.45, 7) is 3.48. The molecule has 0 aromatic heterocycles. The lowest BCUT2D eigenvalue weighted by Crippen LogP contribution is -2.36. The summed E-state index contributed by atoms with van der Waals surface area (Å²) in [6.07, 6.45) is 0. The van der Waals surface area contributed by atoms with Gasteiger partial charge in [-0.1, -0.05) is 23.7 Å². The monoisotopic (exact) mass is 423 g/mol. The molecule has 1 heterocycles. The van der Waals surface area contributed by atoms with Crippen LogP contribution in [0.4, 0.5) is 5.69 Å². The summed E-state index contributed by atoms with van der Waals surface area (Å²) in [6, 6.07) is 12.0. The average molecular weight is 424 g/mol. The number of ether oxygens (including phenoxy) is 1. The van der Waals surface area contributed by atoms with Gasteiger partial charge >= 0.3 is 0 Å². The molecule has 1 aliphatic heterocycles. The molecular formula is C19H22ClN3O4S. The summed E-state index contributed by atoms with van der Waals surface area (Å²) in [5.74, 6) is -0.435. The van der Waals surface area contributed by atoms with Crippen LogP contribution in [0.5, 0.6) is 0 Å². The molecule has 150 valence electrons. The highest BCUT2D eigenvalue weighted by atomic mass is 35.5. The Bertz CT molecular complexity index is 942. The van der Waals surface area contributed by atoms with Crippen molar-refractivity contribution < 1.29 is 17.9 Å². The van der Waals surface area contributed by atoms with Crippen LogP contribution in [0.3, 0.4) is 0 Å². The Morgan fingerprint density at radius 2 is 1.82 bits per heavy atom. The zero-order valence-corrected chi connectivity index (χ0v) is 17.0. The Morgan fingerprint density at radius 3 is 2.46 bits per heavy atom. The summed E-state index contributed by atoms with van der Waals surface area (Å²) in [5, 5.41) is 2.97. The van der Waals surface area contributed by atoms with Crippen LogP contribution in [0, 0.1) is 0 Å². The van der Waals surface area contributed by atoms with Crippen molar-refractivity contribution in [3.63, 3.8) is 0 Å². The van der Waals surface area contributed by atoms with Gasteiger partial charge in [-0.3, -0.25) is 4.79 Å². The number of nitrogens with one attached hydrogen (secondary N) is 2. The normalized spacial score (nSPS) is 14.7. The number of carbonyl (C=O) groups excluding carboxylic acids is 1. The van der Waals surface area contributed by atoms with Gasteiger partial charge in [0.05, 0.1) is 28.7 Å². The SMILES string of the molecule is CNS(=O)(=O)c1ccc(Cl)c(C(=O)NCc2ccc(N3CCOCC3)cc2)c1. The molecule has 1 aliphatic rings. The van der Waals surface area contributed by atoms with E-state index >= 15 is 0 Å². The zero-order valence-electron chi connectivity index (χ0n) is 15.4. The van der Waals surface area contributed by atoms with Gasteiger partial charge < -0.3 is 15.0 Å². The van der Waals surface area contributed by atoms with Crippen molar-refractivity contribution in [1.82, 2.24) is 10.0 Å². The molecule has 0 radical (unpaired) electrons. The molecule has 0 saturated carbocycles. The highest BCUT2D eigenvalue weighted by Gasteiger charge is 2.17. The van der Waals surface area contributed by atoms with E-state index in [-0.39, 0.29) is 15.5 Å². The molecule has 7 nitrogen and oxygen atoms in total. The fraction of sp³-hybridized carbons (Fsp3) is 0.316. The molecule has 1 saturated heterocycles. The van der Waals surface area contributed by atoms with Crippen molar-refractivity contribution in [3.8, 4) is 0 Å². The molecule has 9 heteroatoms. The van der Waals surface area contributed by atoms with E-state index in [1.165, 1.54) is 25.2 Å². The fourth-order valence-electron chi connectivity index (χ4n) is 2.89. The second-order valence-corrected chi connectivity index (χ2v) is 8.59. The summed E-state index contributed by atoms with van der Waals surface area (Å²) >= 11 is 6.08. The van der Waals surface area contributed by atoms with E-state index in [4.69, 9.17) is 16.3 Å². The first-order valence-electron chi connectivity index (χ1n) is 8.83. The van der Waals surface area contributed by atoms with Gasteiger partial charge in [-0.05, 0) is 42.9 Å². The summed E-state index contributed by atoms with van der Waals surface area (Å²) in [4.78, 5) is 14.7. The van der Waals surface area contributed by atoms with E-state index in [9.17, 15) is 13.2 Å². The molecule has 3 rings (SSSR count). The number of hydrogen-bond donors (Lipinski definition) is 2. The molecule has 2 aromatic rings. The summed E-state index contributed by atoms with van der Waals surface area (Å²) in [7, 11) is -2.35. The van der Waals surface area contributed by atoms with Crippen LogP contribution in [-0.4, -0.2) is 47.7 Å². The van der Waals surface area contributed by atoms with Crippen LogP contribution in [0.25, 0.3) is 0 Å². The van der Waals surface area contributed by atoms with Gasteiger partial charge in [-0.25, -0.2) is 13.1 Å². The third-order valence-electron chi connectivity index (χ3n) is 4.53. The Balaban J connectivity index is 1.66. The minimum absolute atomic E-state index is 0.0144. The molecule has 0 bridgehead atoms. The van der Waals surface area contributed by atoms with E-state index in [1.807, 2.05) is 24.3 Å². The molecule has 0 aliphatic carbocycles. The minimum atomic E-state index is -3.66. The summed E-state index contributed by atoms with van der Waals surface area (Å²) < 4.78 is 31.4. The largest absolute Gasteiger partial charge is 0.378 e. The smallest absolute Gasteiger partial charge is 0.253 e. The van der Waals surface area contributed by atoms with Gasteiger partial charge in [-0.2, -0.15) is 0 Å². The van der Waals surface area contributed by atoms with Crippen LogP contribution >= 0.6 is 11.6 Å². The molecule has 2 N–H and O–H groups in total. The van der Waals surface area contributed by atoms with Crippen LogP contribution in [0.1, 0.15) is 15.9 Å². The van der Waals surface area contributed by atoms with E-state index in [0.29, 0.717) is 6.54 Å². The first kappa shape index (κ1) is 20.6. The molecule has 2 aromatic carbocycles. The van der Waals surface area contributed by atoms with Gasteiger partial charge in [-0.15, -0.1) is 0 Å². The van der Waals surface area contributed by atoms with Crippen molar-refractivity contribution in [1.29, 1.82) is 0 Å². The Hall–Kier alpha value is -2.13. The number of anilines is 1. The molecule has 0 spiro atoms. The van der Waals surface area contributed by atoms with Crippen LogP contribution in [-0.2, 0) is 21.3 Å². The standard InChI is InChI=1S/C19H22ClN3O4S/c1-21-28(25,26)16-6-7-18(20)17(12-16)19(24)22-13-14-2-4-15(5-3-14)23-8-10-27-11-9-23/h2-7,12,21H,8-11,13H2,1H3,(H,22,24). The predicted octanol–water partition coefficient (Wildman–Crippen LogP) is 2.01. The first-order chi connectivity index (χ1) is 13.4. The Kier molecular flexibility index (Phi) is 6.56. The lowest BCUT2D eigenvalue weighted by atomic mass is 10.1. The number of morpholine rings is 1. The number of halogens is 1. The molecule has 0 unspecified atom stereocenters. The van der Waals surface area contributed by atoms with Crippen molar-refractivity contribution in [3.05, 3.63) is 58.6 Å². The minimum Gasteiger partial charge on any atom is -0.378 e. The van der Waals surface area contributed by atoms with Gasteiger partial charge in [0.1, 0.15) is 0 Å². The maximum absolute atomic E-state index is 12.5. The van der Waals surface area contributed by atoms with Gasteiger partial charge in [0.2, 0.25) is 10.0 Å².